The van der Waals surface area contributed by atoms with Crippen LogP contribution in [0, 0.1) is 5.21 Å². The molecule has 6 nitrogen and oxygen atoms in total. The summed E-state index contributed by atoms with van der Waals surface area (Å²) in [5.41, 5.74) is 0.666. The second-order valence-corrected chi connectivity index (χ2v) is 3.56. The molecule has 1 heterocycles. The number of aromatic nitrogens is 3. The van der Waals surface area contributed by atoms with Gasteiger partial charge in [0.2, 0.25) is 5.91 Å². The number of fused-ring (bicyclic) bond motifs is 1. The lowest BCUT2D eigenvalue weighted by Gasteiger charge is -2.02. The lowest BCUT2D eigenvalue weighted by molar-refractivity contribution is -0.641. The van der Waals surface area contributed by atoms with Gasteiger partial charge in [-0.25, -0.2) is 4.98 Å². The highest BCUT2D eigenvalue weighted by Gasteiger charge is 2.11. The molecular weight excluding hydrogens is 232 g/mol. The Morgan fingerprint density at radius 2 is 2.31 bits per heavy atom. The van der Waals surface area contributed by atoms with Crippen LogP contribution in [0.2, 0.25) is 5.02 Å². The van der Waals surface area contributed by atoms with Crippen molar-refractivity contribution in [2.24, 2.45) is 0 Å². The molecule has 0 aliphatic heterocycles. The summed E-state index contributed by atoms with van der Waals surface area (Å²) in [5.74, 6) is -0.370. The van der Waals surface area contributed by atoms with Crippen molar-refractivity contribution in [2.75, 3.05) is 5.32 Å². The normalized spacial score (nSPS) is 10.4. The number of benzene rings is 1. The predicted molar refractivity (Wildman–Crippen MR) is 57.8 cm³/mol. The van der Waals surface area contributed by atoms with Crippen LogP contribution in [0.4, 0.5) is 5.95 Å². The fraction of sp³-hybridized carbons (Fsp3) is 0.111. The molecule has 0 saturated carbocycles. The van der Waals surface area contributed by atoms with E-state index in [-0.39, 0.29) is 17.4 Å². The summed E-state index contributed by atoms with van der Waals surface area (Å²) in [4.78, 5) is 15.2. The maximum Gasteiger partial charge on any atom is 0.297 e. The summed E-state index contributed by atoms with van der Waals surface area (Å²) in [7, 11) is 0. The molecule has 0 atom stereocenters. The number of hydrogen-bond acceptors (Lipinski definition) is 4. The standard InChI is InChI=1S/C9H7ClN4O2/c1-5(15)11-9-12-7-3-2-6(10)4-8(7)14(16)13-9/h2-4H,1H3,(H,11,12,13,15). The van der Waals surface area contributed by atoms with Crippen LogP contribution in [-0.2, 0) is 4.79 Å². The van der Waals surface area contributed by atoms with Crippen LogP contribution in [0.3, 0.4) is 0 Å². The van der Waals surface area contributed by atoms with Crippen molar-refractivity contribution in [1.82, 2.24) is 10.1 Å². The third-order valence-electron chi connectivity index (χ3n) is 1.84. The average Bonchev–Trinajstić information content (AvgIpc) is 2.18. The number of anilines is 1. The molecule has 2 rings (SSSR count). The molecule has 1 aromatic carbocycles. The first-order chi connectivity index (χ1) is 7.56. The zero-order chi connectivity index (χ0) is 11.7. The number of hydrogen-bond donors (Lipinski definition) is 1. The maximum absolute atomic E-state index is 11.5. The van der Waals surface area contributed by atoms with E-state index in [2.05, 4.69) is 15.4 Å². The van der Waals surface area contributed by atoms with Gasteiger partial charge in [-0.05, 0) is 17.0 Å². The van der Waals surface area contributed by atoms with Gasteiger partial charge in [0, 0.05) is 18.0 Å². The Kier molecular flexibility index (Phi) is 2.57. The molecule has 0 aliphatic carbocycles. The van der Waals surface area contributed by atoms with Gasteiger partial charge in [-0.1, -0.05) is 11.6 Å². The van der Waals surface area contributed by atoms with Gasteiger partial charge in [0.05, 0.1) is 5.10 Å². The van der Waals surface area contributed by atoms with Gasteiger partial charge in [-0.15, -0.1) is 0 Å². The van der Waals surface area contributed by atoms with E-state index in [1.54, 1.807) is 12.1 Å². The van der Waals surface area contributed by atoms with Crippen molar-refractivity contribution >= 4 is 34.5 Å². The van der Waals surface area contributed by atoms with Crippen LogP contribution in [0.25, 0.3) is 11.0 Å². The van der Waals surface area contributed by atoms with Crippen molar-refractivity contribution in [3.8, 4) is 0 Å². The van der Waals surface area contributed by atoms with Gasteiger partial charge in [-0.2, -0.15) is 0 Å². The Hall–Kier alpha value is -1.95. The molecule has 0 saturated heterocycles. The molecule has 1 amide bonds. The molecular formula is C9H7ClN4O2. The first kappa shape index (κ1) is 10.6. The Morgan fingerprint density at radius 1 is 1.56 bits per heavy atom. The second-order valence-electron chi connectivity index (χ2n) is 3.12. The minimum Gasteiger partial charge on any atom is -0.594 e. The number of nitrogens with zero attached hydrogens (tertiary/aromatic N) is 3. The minimum absolute atomic E-state index is 0.0303. The third-order valence-corrected chi connectivity index (χ3v) is 2.08. The SMILES string of the molecule is CC(=O)Nc1nc2ccc(Cl)cc2[n+]([O-])n1. The zero-order valence-corrected chi connectivity index (χ0v) is 9.02. The number of halogens is 1. The fourth-order valence-electron chi connectivity index (χ4n) is 1.23. The topological polar surface area (TPSA) is 81.8 Å². The lowest BCUT2D eigenvalue weighted by Crippen LogP contribution is -2.34. The second kappa shape index (κ2) is 3.90. The molecule has 82 valence electrons. The quantitative estimate of drug-likeness (QED) is 0.591. The van der Waals surface area contributed by atoms with Crippen molar-refractivity contribution < 1.29 is 9.64 Å². The number of amides is 1. The number of carbonyl (C=O) groups excluding carboxylic acids is 1. The highest BCUT2D eigenvalue weighted by atomic mass is 35.5. The Labute approximate surface area is 95.4 Å². The molecule has 16 heavy (non-hydrogen) atoms. The van der Waals surface area contributed by atoms with Gasteiger partial charge >= 0.3 is 0 Å². The minimum atomic E-state index is -0.340. The Balaban J connectivity index is 2.59. The van der Waals surface area contributed by atoms with Crippen LogP contribution in [0.15, 0.2) is 18.2 Å². The van der Waals surface area contributed by atoms with Gasteiger partial charge < -0.3 is 5.21 Å². The number of rotatable bonds is 1. The average molecular weight is 239 g/mol. The van der Waals surface area contributed by atoms with E-state index < -0.39 is 0 Å². The van der Waals surface area contributed by atoms with E-state index in [1.165, 1.54) is 13.0 Å². The molecule has 7 heteroatoms. The molecule has 0 spiro atoms. The number of nitrogens with one attached hydrogen (secondary N) is 1. The zero-order valence-electron chi connectivity index (χ0n) is 8.27. The molecule has 0 aliphatic rings. The Morgan fingerprint density at radius 3 is 3.00 bits per heavy atom. The highest BCUT2D eigenvalue weighted by Crippen LogP contribution is 2.14. The first-order valence-electron chi connectivity index (χ1n) is 4.41. The summed E-state index contributed by atoms with van der Waals surface area (Å²) in [5, 5.41) is 17.8. The predicted octanol–water partition coefficient (Wildman–Crippen LogP) is 0.875. The fourth-order valence-corrected chi connectivity index (χ4v) is 1.40. The van der Waals surface area contributed by atoms with E-state index in [0.717, 1.165) is 0 Å². The molecule has 2 aromatic rings. The van der Waals surface area contributed by atoms with E-state index in [1.807, 2.05) is 0 Å². The smallest absolute Gasteiger partial charge is 0.297 e. The first-order valence-corrected chi connectivity index (χ1v) is 4.79. The van der Waals surface area contributed by atoms with Crippen LogP contribution in [-0.4, -0.2) is 16.0 Å². The van der Waals surface area contributed by atoms with Crippen molar-refractivity contribution in [3.05, 3.63) is 28.4 Å². The van der Waals surface area contributed by atoms with Gasteiger partial charge in [0.25, 0.3) is 11.5 Å². The number of carbonyl (C=O) groups is 1. The van der Waals surface area contributed by atoms with Crippen LogP contribution < -0.4 is 10.2 Å². The van der Waals surface area contributed by atoms with Gasteiger partial charge in [0.1, 0.15) is 5.52 Å². The van der Waals surface area contributed by atoms with Crippen LogP contribution in [0.1, 0.15) is 6.92 Å². The van der Waals surface area contributed by atoms with Crippen molar-refractivity contribution in [3.63, 3.8) is 0 Å². The monoisotopic (exact) mass is 238 g/mol. The summed E-state index contributed by atoms with van der Waals surface area (Å²) >= 11 is 5.74. The highest BCUT2D eigenvalue weighted by molar-refractivity contribution is 6.31. The molecule has 1 aromatic heterocycles. The van der Waals surface area contributed by atoms with Crippen molar-refractivity contribution in [1.29, 1.82) is 0 Å². The lowest BCUT2D eigenvalue weighted by atomic mass is 10.3. The molecule has 0 bridgehead atoms. The van der Waals surface area contributed by atoms with Crippen LogP contribution >= 0.6 is 11.6 Å². The maximum atomic E-state index is 11.5. The third kappa shape index (κ3) is 2.01. The Bertz CT molecular complexity index is 573. The van der Waals surface area contributed by atoms with E-state index >= 15 is 0 Å². The molecule has 0 fully saturated rings. The van der Waals surface area contributed by atoms with E-state index in [9.17, 15) is 10.0 Å². The molecule has 0 unspecified atom stereocenters. The van der Waals surface area contributed by atoms with E-state index in [0.29, 0.717) is 15.4 Å². The largest absolute Gasteiger partial charge is 0.594 e. The molecule has 0 radical (unpaired) electrons. The summed E-state index contributed by atoms with van der Waals surface area (Å²) in [6.07, 6.45) is 0. The summed E-state index contributed by atoms with van der Waals surface area (Å²) in [6.45, 7) is 1.31. The van der Waals surface area contributed by atoms with Gasteiger partial charge in [-0.3, -0.25) is 10.1 Å². The van der Waals surface area contributed by atoms with Crippen LogP contribution in [0.5, 0.6) is 0 Å². The van der Waals surface area contributed by atoms with Gasteiger partial charge in [0.15, 0.2) is 0 Å². The van der Waals surface area contributed by atoms with Crippen molar-refractivity contribution in [2.45, 2.75) is 6.92 Å². The summed E-state index contributed by atoms with van der Waals surface area (Å²) < 4.78 is 0. The molecule has 1 N–H and O–H groups in total. The van der Waals surface area contributed by atoms with E-state index in [4.69, 9.17) is 11.6 Å². The summed E-state index contributed by atoms with van der Waals surface area (Å²) in [6, 6.07) is 4.65.